The Kier molecular flexibility index (Phi) is 4.01. The molecule has 0 amide bonds. The minimum absolute atomic E-state index is 0.0347. The average Bonchev–Trinajstić information content (AvgIpc) is 3.13. The standard InChI is InChI=1S/C27H18N2OS/c1-29-26(17-10-4-2-5-11-17)23-20(30)16-22-25(28-19-14-8-9-15-21(19)31-22)24(23)27(29)18-12-6-3-7-13-18/h2-16H,1H3. The fourth-order valence-electron chi connectivity index (χ4n) is 4.47. The van der Waals surface area contributed by atoms with Crippen LogP contribution in [0, 0.1) is 0 Å². The summed E-state index contributed by atoms with van der Waals surface area (Å²) in [6.07, 6.45) is 0. The van der Waals surface area contributed by atoms with E-state index < -0.39 is 0 Å². The van der Waals surface area contributed by atoms with E-state index in [0.717, 1.165) is 54.1 Å². The Balaban J connectivity index is 1.87. The zero-order valence-electron chi connectivity index (χ0n) is 16.9. The maximum absolute atomic E-state index is 13.5. The lowest BCUT2D eigenvalue weighted by Gasteiger charge is -2.10. The molecular weight excluding hydrogens is 400 g/mol. The van der Waals surface area contributed by atoms with E-state index in [9.17, 15) is 4.79 Å². The normalized spacial score (nSPS) is 11.5. The zero-order chi connectivity index (χ0) is 20.9. The van der Waals surface area contributed by atoms with Crippen molar-refractivity contribution < 1.29 is 0 Å². The van der Waals surface area contributed by atoms with Crippen LogP contribution in [0.25, 0.3) is 54.1 Å². The predicted octanol–water partition coefficient (Wildman–Crippen LogP) is 6.59. The quantitative estimate of drug-likeness (QED) is 0.297. The zero-order valence-corrected chi connectivity index (χ0v) is 17.7. The molecule has 0 atom stereocenters. The van der Waals surface area contributed by atoms with Crippen molar-refractivity contribution in [1.29, 1.82) is 0 Å². The monoisotopic (exact) mass is 418 g/mol. The highest BCUT2D eigenvalue weighted by Crippen LogP contribution is 2.43. The van der Waals surface area contributed by atoms with E-state index in [-0.39, 0.29) is 5.43 Å². The lowest BCUT2D eigenvalue weighted by molar-refractivity contribution is 0.951. The van der Waals surface area contributed by atoms with Gasteiger partial charge in [-0.2, -0.15) is 0 Å². The van der Waals surface area contributed by atoms with Gasteiger partial charge in [-0.3, -0.25) is 4.79 Å². The van der Waals surface area contributed by atoms with Crippen LogP contribution in [0.4, 0.5) is 0 Å². The van der Waals surface area contributed by atoms with Crippen molar-refractivity contribution in [2.45, 2.75) is 0 Å². The van der Waals surface area contributed by atoms with Crippen molar-refractivity contribution in [3.63, 3.8) is 0 Å². The van der Waals surface area contributed by atoms with Crippen LogP contribution in [0.1, 0.15) is 0 Å². The summed E-state index contributed by atoms with van der Waals surface area (Å²) in [7, 11) is 2.04. The molecule has 2 aliphatic rings. The minimum Gasteiger partial charge on any atom is -0.342 e. The van der Waals surface area contributed by atoms with Gasteiger partial charge < -0.3 is 4.57 Å². The van der Waals surface area contributed by atoms with Gasteiger partial charge >= 0.3 is 0 Å². The van der Waals surface area contributed by atoms with Crippen LogP contribution >= 0.6 is 11.3 Å². The number of fused-ring (bicyclic) bond motifs is 4. The van der Waals surface area contributed by atoms with Gasteiger partial charge in [0.05, 0.1) is 37.6 Å². The summed E-state index contributed by atoms with van der Waals surface area (Å²) in [4.78, 5) is 19.4. The molecule has 0 bridgehead atoms. The fraction of sp³-hybridized carbons (Fsp3) is 0.0370. The molecule has 148 valence electrons. The smallest absolute Gasteiger partial charge is 0.190 e. The second-order valence-corrected chi connectivity index (χ2v) is 8.73. The SMILES string of the molecule is Cn1c(-c2ccccc2)c2c3nc4ccccc4sc-3cc(=O)c2c1-c1ccccc1. The van der Waals surface area contributed by atoms with Crippen molar-refractivity contribution in [2.75, 3.05) is 0 Å². The van der Waals surface area contributed by atoms with E-state index in [0.29, 0.717) is 0 Å². The minimum atomic E-state index is 0.0347. The Labute approximate surface area is 183 Å². The molecule has 1 aliphatic heterocycles. The summed E-state index contributed by atoms with van der Waals surface area (Å²) in [6.45, 7) is 0. The summed E-state index contributed by atoms with van der Waals surface area (Å²) < 4.78 is 3.23. The Morgan fingerprint density at radius 3 is 2.00 bits per heavy atom. The fourth-order valence-corrected chi connectivity index (χ4v) is 5.48. The Hall–Kier alpha value is -3.76. The summed E-state index contributed by atoms with van der Waals surface area (Å²) in [6, 6.07) is 30.3. The van der Waals surface area contributed by atoms with Gasteiger partial charge in [0.25, 0.3) is 0 Å². The third-order valence-electron chi connectivity index (χ3n) is 5.79. The number of hydrogen-bond acceptors (Lipinski definition) is 3. The maximum Gasteiger partial charge on any atom is 0.190 e. The highest BCUT2D eigenvalue weighted by molar-refractivity contribution is 7.21. The molecule has 0 saturated heterocycles. The maximum atomic E-state index is 13.5. The third-order valence-corrected chi connectivity index (χ3v) is 6.88. The Morgan fingerprint density at radius 2 is 1.32 bits per heavy atom. The van der Waals surface area contributed by atoms with Crippen LogP contribution < -0.4 is 5.43 Å². The van der Waals surface area contributed by atoms with Gasteiger partial charge in [0.15, 0.2) is 5.43 Å². The molecule has 3 aromatic carbocycles. The first-order valence-corrected chi connectivity index (χ1v) is 11.0. The molecule has 2 heterocycles. The first-order valence-electron chi connectivity index (χ1n) is 10.2. The van der Waals surface area contributed by atoms with E-state index in [1.54, 1.807) is 17.4 Å². The van der Waals surface area contributed by atoms with E-state index >= 15 is 0 Å². The molecule has 1 aliphatic carbocycles. The molecule has 0 unspecified atom stereocenters. The lowest BCUT2D eigenvalue weighted by atomic mass is 10.0. The first-order chi connectivity index (χ1) is 15.2. The number of benzene rings is 4. The molecule has 3 nitrogen and oxygen atoms in total. The molecule has 0 N–H and O–H groups in total. The van der Waals surface area contributed by atoms with Crippen molar-refractivity contribution in [3.05, 3.63) is 101 Å². The molecular formula is C27H18N2OS. The summed E-state index contributed by atoms with van der Waals surface area (Å²) >= 11 is 1.62. The average molecular weight is 419 g/mol. The highest BCUT2D eigenvalue weighted by Gasteiger charge is 2.25. The van der Waals surface area contributed by atoms with Crippen molar-refractivity contribution in [3.8, 4) is 33.1 Å². The second-order valence-electron chi connectivity index (χ2n) is 7.64. The molecule has 0 spiro atoms. The summed E-state index contributed by atoms with van der Waals surface area (Å²) in [5.41, 5.74) is 5.92. The van der Waals surface area contributed by atoms with Gasteiger partial charge in [-0.05, 0) is 23.3 Å². The summed E-state index contributed by atoms with van der Waals surface area (Å²) in [5, 5.41) is 1.66. The van der Waals surface area contributed by atoms with Crippen molar-refractivity contribution in [2.24, 2.45) is 7.05 Å². The number of nitrogens with zero attached hydrogens (tertiary/aromatic N) is 2. The van der Waals surface area contributed by atoms with Crippen LogP contribution in [-0.4, -0.2) is 9.55 Å². The van der Waals surface area contributed by atoms with Crippen LogP contribution in [0.5, 0.6) is 0 Å². The van der Waals surface area contributed by atoms with E-state index in [4.69, 9.17) is 4.98 Å². The van der Waals surface area contributed by atoms with Crippen LogP contribution in [-0.2, 0) is 7.05 Å². The van der Waals surface area contributed by atoms with Gasteiger partial charge in [-0.25, -0.2) is 4.98 Å². The largest absolute Gasteiger partial charge is 0.342 e. The third kappa shape index (κ3) is 2.72. The predicted molar refractivity (Wildman–Crippen MR) is 130 cm³/mol. The van der Waals surface area contributed by atoms with Crippen molar-refractivity contribution >= 4 is 32.3 Å². The molecule has 4 aromatic rings. The number of hydrogen-bond donors (Lipinski definition) is 0. The molecule has 0 saturated carbocycles. The Bertz CT molecular complexity index is 1600. The Morgan fingerprint density at radius 1 is 0.742 bits per heavy atom. The van der Waals surface area contributed by atoms with Crippen LogP contribution in [0.3, 0.4) is 0 Å². The molecule has 0 radical (unpaired) electrons. The molecule has 31 heavy (non-hydrogen) atoms. The molecule has 1 aromatic heterocycles. The second kappa shape index (κ2) is 6.89. The van der Waals surface area contributed by atoms with Gasteiger partial charge in [-0.1, -0.05) is 72.8 Å². The lowest BCUT2D eigenvalue weighted by Crippen LogP contribution is -2.03. The number of aromatic nitrogens is 2. The van der Waals surface area contributed by atoms with Crippen LogP contribution in [0.15, 0.2) is 95.8 Å². The molecule has 6 rings (SSSR count). The molecule has 0 fully saturated rings. The van der Waals surface area contributed by atoms with E-state index in [1.165, 1.54) is 0 Å². The number of rotatable bonds is 2. The van der Waals surface area contributed by atoms with Gasteiger partial charge in [0.1, 0.15) is 0 Å². The number of para-hydroxylation sites is 1. The summed E-state index contributed by atoms with van der Waals surface area (Å²) in [5.74, 6) is 0. The molecule has 4 heteroatoms. The van der Waals surface area contributed by atoms with Gasteiger partial charge in [-0.15, -0.1) is 11.3 Å². The highest BCUT2D eigenvalue weighted by atomic mass is 32.1. The topological polar surface area (TPSA) is 34.9 Å². The van der Waals surface area contributed by atoms with Crippen molar-refractivity contribution in [1.82, 2.24) is 9.55 Å². The first kappa shape index (κ1) is 18.0. The van der Waals surface area contributed by atoms with E-state index in [1.807, 2.05) is 61.6 Å². The van der Waals surface area contributed by atoms with E-state index in [2.05, 4.69) is 34.9 Å². The van der Waals surface area contributed by atoms with Crippen LogP contribution in [0.2, 0.25) is 0 Å². The van der Waals surface area contributed by atoms with Gasteiger partial charge in [0.2, 0.25) is 0 Å². The van der Waals surface area contributed by atoms with Gasteiger partial charge in [0, 0.05) is 18.5 Å².